The van der Waals surface area contributed by atoms with E-state index in [0.717, 1.165) is 30.6 Å². The lowest BCUT2D eigenvalue weighted by Crippen LogP contribution is -2.39. The molecule has 1 aromatic heterocycles. The number of aromatic hydroxyl groups is 1. The number of fused-ring (bicyclic) bond motifs is 2. The Morgan fingerprint density at radius 3 is 2.48 bits per heavy atom. The number of halogens is 1. The molecule has 3 aliphatic rings. The number of rotatable bonds is 5. The number of aromatic nitrogens is 1. The molecule has 2 saturated heterocycles. The van der Waals surface area contributed by atoms with Crippen LogP contribution in [-0.4, -0.2) is 57.7 Å². The van der Waals surface area contributed by atoms with Gasteiger partial charge in [-0.05, 0) is 61.2 Å². The number of methoxy groups -OCH3 is 1. The minimum absolute atomic E-state index is 0.0669. The molecule has 0 bridgehead atoms. The van der Waals surface area contributed by atoms with Crippen LogP contribution in [0.1, 0.15) is 35.6 Å². The van der Waals surface area contributed by atoms with E-state index in [2.05, 4.69) is 0 Å². The lowest BCUT2D eigenvalue weighted by molar-refractivity contribution is -0.133. The minimum Gasteiger partial charge on any atom is -0.504 e. The van der Waals surface area contributed by atoms with Crippen molar-refractivity contribution in [3.63, 3.8) is 0 Å². The second-order valence-corrected chi connectivity index (χ2v) is 12.6. The summed E-state index contributed by atoms with van der Waals surface area (Å²) >= 11 is 8.21. The number of thiazole rings is 1. The van der Waals surface area contributed by atoms with Gasteiger partial charge in [0, 0.05) is 28.9 Å². The van der Waals surface area contributed by atoms with E-state index in [1.807, 2.05) is 0 Å². The maximum atomic E-state index is 14.0. The SMILES string of the molecule is COc1cc([C@@H]2c3sc(=O)n(CC(=O)N4CCCCC4)c3S[C@@H]3C(=O)N(c4ccc(Cl)cc4)C(=O)[C@H]23)ccc1O. The Labute approximate surface area is 243 Å². The van der Waals surface area contributed by atoms with E-state index in [0.29, 0.717) is 39.3 Å². The average molecular weight is 600 g/mol. The lowest BCUT2D eigenvalue weighted by atomic mass is 9.83. The van der Waals surface area contributed by atoms with Crippen molar-refractivity contribution in [2.45, 2.75) is 42.0 Å². The molecule has 6 rings (SSSR count). The average Bonchev–Trinajstić information content (AvgIpc) is 3.40. The number of anilines is 1. The largest absolute Gasteiger partial charge is 0.504 e. The molecule has 0 aliphatic carbocycles. The first kappa shape index (κ1) is 26.9. The van der Waals surface area contributed by atoms with Crippen molar-refractivity contribution >= 4 is 58.1 Å². The van der Waals surface area contributed by atoms with Gasteiger partial charge in [0.25, 0.3) is 0 Å². The van der Waals surface area contributed by atoms with Crippen molar-refractivity contribution in [2.24, 2.45) is 5.92 Å². The van der Waals surface area contributed by atoms with Crippen molar-refractivity contribution in [3.05, 3.63) is 67.6 Å². The molecule has 3 aliphatic heterocycles. The number of hydrogen-bond acceptors (Lipinski definition) is 8. The molecular formula is C28H26ClN3O6S2. The number of phenolic OH excluding ortho intramolecular Hbond substituents is 1. The molecule has 3 atom stereocenters. The molecule has 3 amide bonds. The van der Waals surface area contributed by atoms with E-state index in [4.69, 9.17) is 16.3 Å². The Morgan fingerprint density at radius 2 is 1.77 bits per heavy atom. The third-order valence-electron chi connectivity index (χ3n) is 7.70. The van der Waals surface area contributed by atoms with Gasteiger partial charge in [0.1, 0.15) is 11.8 Å². The number of thioether (sulfide) groups is 1. The lowest BCUT2D eigenvalue weighted by Gasteiger charge is -2.31. The maximum absolute atomic E-state index is 14.0. The molecule has 0 unspecified atom stereocenters. The zero-order chi connectivity index (χ0) is 28.1. The first-order valence-corrected chi connectivity index (χ1v) is 15.0. The Balaban J connectivity index is 1.46. The first-order chi connectivity index (χ1) is 19.3. The van der Waals surface area contributed by atoms with Gasteiger partial charge < -0.3 is 14.7 Å². The Morgan fingerprint density at radius 1 is 1.05 bits per heavy atom. The minimum atomic E-state index is -0.814. The van der Waals surface area contributed by atoms with Crippen molar-refractivity contribution in [2.75, 3.05) is 25.1 Å². The number of benzene rings is 2. The number of piperidine rings is 1. The number of ether oxygens (including phenoxy) is 1. The normalized spacial score (nSPS) is 22.3. The van der Waals surface area contributed by atoms with Gasteiger partial charge in [0.05, 0.1) is 23.7 Å². The summed E-state index contributed by atoms with van der Waals surface area (Å²) in [7, 11) is 1.43. The van der Waals surface area contributed by atoms with Gasteiger partial charge >= 0.3 is 4.87 Å². The summed E-state index contributed by atoms with van der Waals surface area (Å²) in [4.78, 5) is 57.5. The molecule has 208 valence electrons. The zero-order valence-corrected chi connectivity index (χ0v) is 23.9. The van der Waals surface area contributed by atoms with Gasteiger partial charge in [0.15, 0.2) is 11.5 Å². The summed E-state index contributed by atoms with van der Waals surface area (Å²) in [6, 6.07) is 11.3. The fourth-order valence-electron chi connectivity index (χ4n) is 5.73. The number of likely N-dealkylation sites (tertiary alicyclic amines) is 1. The molecule has 0 radical (unpaired) electrons. The summed E-state index contributed by atoms with van der Waals surface area (Å²) in [5.74, 6) is -2.23. The molecule has 4 heterocycles. The highest BCUT2D eigenvalue weighted by Crippen LogP contribution is 2.54. The molecule has 12 heteroatoms. The van der Waals surface area contributed by atoms with Crippen LogP contribution < -0.4 is 14.5 Å². The number of nitrogens with zero attached hydrogens (tertiary/aromatic N) is 3. The highest BCUT2D eigenvalue weighted by Gasteiger charge is 2.57. The molecule has 9 nitrogen and oxygen atoms in total. The highest BCUT2D eigenvalue weighted by atomic mass is 35.5. The van der Waals surface area contributed by atoms with Crippen LogP contribution in [0, 0.1) is 5.92 Å². The van der Waals surface area contributed by atoms with Crippen molar-refractivity contribution in [3.8, 4) is 11.5 Å². The fraction of sp³-hybridized carbons (Fsp3) is 0.357. The van der Waals surface area contributed by atoms with Crippen molar-refractivity contribution < 1.29 is 24.2 Å². The van der Waals surface area contributed by atoms with Gasteiger partial charge in [-0.15, -0.1) is 0 Å². The number of carbonyl (C=O) groups excluding carboxylic acids is 3. The highest BCUT2D eigenvalue weighted by molar-refractivity contribution is 8.00. The van der Waals surface area contributed by atoms with E-state index < -0.39 is 23.0 Å². The molecule has 1 N–H and O–H groups in total. The third kappa shape index (κ3) is 4.49. The molecule has 0 spiro atoms. The Hall–Kier alpha value is -3.28. The Bertz CT molecular complexity index is 1560. The molecule has 0 saturated carbocycles. The smallest absolute Gasteiger partial charge is 0.308 e. The van der Waals surface area contributed by atoms with Crippen LogP contribution in [0.3, 0.4) is 0 Å². The summed E-state index contributed by atoms with van der Waals surface area (Å²) in [5.41, 5.74) is 1.04. The summed E-state index contributed by atoms with van der Waals surface area (Å²) in [6.45, 7) is 1.21. The van der Waals surface area contributed by atoms with Crippen molar-refractivity contribution in [1.82, 2.24) is 9.47 Å². The van der Waals surface area contributed by atoms with Crippen LogP contribution >= 0.6 is 34.7 Å². The predicted molar refractivity (Wildman–Crippen MR) is 153 cm³/mol. The number of amides is 3. The van der Waals surface area contributed by atoms with Crippen LogP contribution in [0.25, 0.3) is 0 Å². The monoisotopic (exact) mass is 599 g/mol. The van der Waals surface area contributed by atoms with Crippen LogP contribution in [0.4, 0.5) is 5.69 Å². The van der Waals surface area contributed by atoms with Gasteiger partial charge in [-0.2, -0.15) is 0 Å². The number of hydrogen-bond donors (Lipinski definition) is 1. The van der Waals surface area contributed by atoms with E-state index in [1.54, 1.807) is 41.3 Å². The molecular weight excluding hydrogens is 574 g/mol. The van der Waals surface area contributed by atoms with Gasteiger partial charge in [-0.25, -0.2) is 4.90 Å². The summed E-state index contributed by atoms with van der Waals surface area (Å²) in [5, 5.41) is 10.4. The van der Waals surface area contributed by atoms with Gasteiger partial charge in [-0.1, -0.05) is 40.8 Å². The van der Waals surface area contributed by atoms with E-state index in [-0.39, 0.29) is 34.7 Å². The van der Waals surface area contributed by atoms with Crippen molar-refractivity contribution in [1.29, 1.82) is 0 Å². The quantitative estimate of drug-likeness (QED) is 0.440. The second-order valence-electron chi connectivity index (χ2n) is 10.0. The molecule has 3 aromatic rings. The van der Waals surface area contributed by atoms with Gasteiger partial charge in [0.2, 0.25) is 17.7 Å². The van der Waals surface area contributed by atoms with Crippen LogP contribution in [-0.2, 0) is 20.9 Å². The van der Waals surface area contributed by atoms with Crippen LogP contribution in [0.5, 0.6) is 11.5 Å². The first-order valence-electron chi connectivity index (χ1n) is 13.0. The van der Waals surface area contributed by atoms with Crippen LogP contribution in [0.2, 0.25) is 5.02 Å². The van der Waals surface area contributed by atoms with E-state index in [9.17, 15) is 24.3 Å². The van der Waals surface area contributed by atoms with Crippen LogP contribution in [0.15, 0.2) is 52.3 Å². The standard InChI is InChI=1S/C28H26ClN3O6S2/c1-38-19-13-15(5-10-18(19)33)21-22-23(26(36)32(25(22)35)17-8-6-16(29)7-9-17)39-27-24(21)40-28(37)31(27)14-20(34)30-11-3-2-4-12-30/h5-10,13,21-23,33H,2-4,11-12,14H2,1H3/t21-,22+,23-/m0/s1. The fourth-order valence-corrected chi connectivity index (χ4v) is 8.62. The summed E-state index contributed by atoms with van der Waals surface area (Å²) < 4.78 is 6.78. The topological polar surface area (TPSA) is 109 Å². The zero-order valence-electron chi connectivity index (χ0n) is 21.5. The predicted octanol–water partition coefficient (Wildman–Crippen LogP) is 4.09. The second kappa shape index (κ2) is 10.6. The van der Waals surface area contributed by atoms with E-state index in [1.165, 1.54) is 34.4 Å². The molecule has 2 aromatic carbocycles. The Kier molecular flexibility index (Phi) is 7.14. The third-order valence-corrected chi connectivity index (χ3v) is 10.6. The van der Waals surface area contributed by atoms with E-state index >= 15 is 0 Å². The summed E-state index contributed by atoms with van der Waals surface area (Å²) in [6.07, 6.45) is 2.94. The maximum Gasteiger partial charge on any atom is 0.308 e. The molecule has 40 heavy (non-hydrogen) atoms. The molecule has 2 fully saturated rings. The number of imide groups is 1. The van der Waals surface area contributed by atoms with Gasteiger partial charge in [-0.3, -0.25) is 23.7 Å². The number of phenols is 1. The number of carbonyl (C=O) groups is 3.